The van der Waals surface area contributed by atoms with Gasteiger partial charge in [0.1, 0.15) is 11.8 Å². The number of carbonyl (C=O) groups is 3. The van der Waals surface area contributed by atoms with E-state index in [1.807, 2.05) is 0 Å². The first-order valence-corrected chi connectivity index (χ1v) is 9.36. The van der Waals surface area contributed by atoms with Crippen LogP contribution < -0.4 is 15.8 Å². The Hall–Kier alpha value is -2.98. The van der Waals surface area contributed by atoms with Crippen molar-refractivity contribution in [2.24, 2.45) is 5.73 Å². The zero-order valence-corrected chi connectivity index (χ0v) is 15.7. The molecule has 0 spiro atoms. The van der Waals surface area contributed by atoms with Gasteiger partial charge in [-0.3, -0.25) is 19.7 Å². The fourth-order valence-corrected chi connectivity index (χ4v) is 3.54. The number of nitrogens with one attached hydrogen (secondary N) is 1. The molecule has 29 heavy (non-hydrogen) atoms. The molecule has 4 N–H and O–H groups in total. The minimum Gasteiger partial charge on any atom is -0.480 e. The molecular weight excluding hydrogens is 406 g/mol. The molecule has 10 heteroatoms. The van der Waals surface area contributed by atoms with Gasteiger partial charge in [0, 0.05) is 0 Å². The molecule has 1 aliphatic rings. The van der Waals surface area contributed by atoms with Gasteiger partial charge in [-0.15, -0.1) is 0 Å². The number of nitrogens with two attached hydrogens (primary N) is 1. The van der Waals surface area contributed by atoms with Crippen molar-refractivity contribution in [1.82, 2.24) is 5.32 Å². The first-order valence-electron chi connectivity index (χ1n) is 8.48. The van der Waals surface area contributed by atoms with Crippen molar-refractivity contribution >= 4 is 28.9 Å². The lowest BCUT2D eigenvalue weighted by molar-refractivity contribution is -0.138. The summed E-state index contributed by atoms with van der Waals surface area (Å²) in [7, 11) is 0. The quantitative estimate of drug-likeness (QED) is 0.628. The van der Waals surface area contributed by atoms with Crippen LogP contribution >= 0.6 is 11.8 Å². The van der Waals surface area contributed by atoms with Crippen molar-refractivity contribution in [2.45, 2.75) is 24.1 Å². The Bertz CT molecular complexity index is 968. The number of carboxylic acid groups (broad SMARTS) is 1. The summed E-state index contributed by atoms with van der Waals surface area (Å²) >= 11 is 0.731. The monoisotopic (exact) mass is 422 g/mol. The average molecular weight is 422 g/mol. The van der Waals surface area contributed by atoms with Crippen LogP contribution in [0.25, 0.3) is 0 Å². The number of halogens is 2. The van der Waals surface area contributed by atoms with E-state index < -0.39 is 40.0 Å². The highest BCUT2D eigenvalue weighted by atomic mass is 32.2. The van der Waals surface area contributed by atoms with Crippen molar-refractivity contribution in [1.29, 1.82) is 0 Å². The maximum Gasteiger partial charge on any atom is 0.320 e. The molecule has 0 saturated carbocycles. The van der Waals surface area contributed by atoms with E-state index in [1.54, 1.807) is 12.1 Å². The average Bonchev–Trinajstić information content (AvgIpc) is 2.99. The Labute approximate surface area is 168 Å². The van der Waals surface area contributed by atoms with E-state index in [-0.39, 0.29) is 29.9 Å². The molecule has 0 aromatic heterocycles. The van der Waals surface area contributed by atoms with E-state index in [9.17, 15) is 23.2 Å². The Morgan fingerprint density at radius 1 is 1.17 bits per heavy atom. The van der Waals surface area contributed by atoms with Crippen LogP contribution in [-0.2, 0) is 22.4 Å². The van der Waals surface area contributed by atoms with Crippen molar-refractivity contribution in [3.63, 3.8) is 0 Å². The number of benzene rings is 2. The molecule has 2 unspecified atom stereocenters. The van der Waals surface area contributed by atoms with E-state index in [2.05, 4.69) is 5.32 Å². The number of aliphatic carboxylic acids is 1. The number of thioether (sulfide) groups is 1. The third-order valence-electron chi connectivity index (χ3n) is 4.22. The topological polar surface area (TPSA) is 119 Å². The second-order valence-corrected chi connectivity index (χ2v) is 7.51. The number of hydrogen-bond donors (Lipinski definition) is 3. The predicted molar refractivity (Wildman–Crippen MR) is 101 cm³/mol. The van der Waals surface area contributed by atoms with Crippen LogP contribution in [0.15, 0.2) is 36.4 Å². The molecule has 2 atom stereocenters. The summed E-state index contributed by atoms with van der Waals surface area (Å²) in [6.07, 6.45) is -0.0215. The molecule has 1 saturated heterocycles. The first kappa shape index (κ1) is 20.7. The van der Waals surface area contributed by atoms with Crippen LogP contribution in [-0.4, -0.2) is 33.5 Å². The van der Waals surface area contributed by atoms with Crippen molar-refractivity contribution in [3.05, 3.63) is 59.2 Å². The van der Waals surface area contributed by atoms with Gasteiger partial charge >= 0.3 is 5.97 Å². The van der Waals surface area contributed by atoms with E-state index >= 15 is 0 Å². The first-order chi connectivity index (χ1) is 13.7. The van der Waals surface area contributed by atoms with Gasteiger partial charge < -0.3 is 15.6 Å². The zero-order chi connectivity index (χ0) is 21.1. The van der Waals surface area contributed by atoms with Crippen molar-refractivity contribution in [2.75, 3.05) is 0 Å². The van der Waals surface area contributed by atoms with Gasteiger partial charge in [0.15, 0.2) is 11.6 Å². The van der Waals surface area contributed by atoms with Crippen LogP contribution in [0, 0.1) is 11.6 Å². The lowest BCUT2D eigenvalue weighted by Crippen LogP contribution is -2.32. The number of amides is 2. The van der Waals surface area contributed by atoms with Crippen LogP contribution in [0.5, 0.6) is 11.5 Å². The Morgan fingerprint density at radius 2 is 1.86 bits per heavy atom. The second kappa shape index (κ2) is 8.58. The number of carboxylic acids is 1. The van der Waals surface area contributed by atoms with Crippen molar-refractivity contribution < 1.29 is 33.0 Å². The van der Waals surface area contributed by atoms with Gasteiger partial charge in [0.25, 0.3) is 5.24 Å². The van der Waals surface area contributed by atoms with Gasteiger partial charge in [-0.1, -0.05) is 30.0 Å². The molecule has 2 aromatic carbocycles. The van der Waals surface area contributed by atoms with Crippen LogP contribution in [0.4, 0.5) is 13.6 Å². The summed E-state index contributed by atoms with van der Waals surface area (Å²) in [6.45, 7) is 0. The molecule has 1 fully saturated rings. The third kappa shape index (κ3) is 4.90. The number of hydrogen-bond acceptors (Lipinski definition) is 6. The van der Waals surface area contributed by atoms with Crippen LogP contribution in [0.3, 0.4) is 0 Å². The summed E-state index contributed by atoms with van der Waals surface area (Å²) in [5.74, 6) is -4.15. The highest BCUT2D eigenvalue weighted by Gasteiger charge is 2.32. The van der Waals surface area contributed by atoms with Crippen LogP contribution in [0.1, 0.15) is 11.1 Å². The van der Waals surface area contributed by atoms with Crippen LogP contribution in [0.2, 0.25) is 0 Å². The smallest absolute Gasteiger partial charge is 0.320 e. The molecule has 2 aromatic rings. The lowest BCUT2D eigenvalue weighted by atomic mass is 10.1. The van der Waals surface area contributed by atoms with Gasteiger partial charge in [-0.2, -0.15) is 4.39 Å². The third-order valence-corrected chi connectivity index (χ3v) is 5.20. The molecule has 7 nitrogen and oxygen atoms in total. The molecule has 1 aliphatic heterocycles. The zero-order valence-electron chi connectivity index (χ0n) is 14.9. The molecule has 1 heterocycles. The largest absolute Gasteiger partial charge is 0.480 e. The fourth-order valence-electron chi connectivity index (χ4n) is 2.70. The van der Waals surface area contributed by atoms with Gasteiger partial charge in [0.05, 0.1) is 5.25 Å². The van der Waals surface area contributed by atoms with Gasteiger partial charge in [-0.25, -0.2) is 4.39 Å². The molecule has 0 radical (unpaired) electrons. The Kier molecular flexibility index (Phi) is 6.14. The highest BCUT2D eigenvalue weighted by molar-refractivity contribution is 8.15. The van der Waals surface area contributed by atoms with Gasteiger partial charge in [0.2, 0.25) is 11.7 Å². The number of ether oxygens (including phenoxy) is 1. The molecular formula is C19H16F2N2O5S. The van der Waals surface area contributed by atoms with E-state index in [1.165, 1.54) is 24.3 Å². The molecule has 3 rings (SSSR count). The lowest BCUT2D eigenvalue weighted by Gasteiger charge is -2.12. The molecule has 0 aliphatic carbocycles. The Morgan fingerprint density at radius 3 is 2.45 bits per heavy atom. The second-order valence-electron chi connectivity index (χ2n) is 6.33. The summed E-state index contributed by atoms with van der Waals surface area (Å²) in [5, 5.41) is 9.58. The minimum absolute atomic E-state index is 0.0461. The molecule has 152 valence electrons. The SMILES string of the molecule is NC(Cc1ccc(Oc2ccc(CC3SC(=O)NC3=O)c(F)c2F)cc1)C(=O)O. The maximum atomic E-state index is 14.4. The summed E-state index contributed by atoms with van der Waals surface area (Å²) in [5.41, 5.74) is 6.07. The minimum atomic E-state index is -1.21. The predicted octanol–water partition coefficient (Wildman–Crippen LogP) is 2.61. The van der Waals surface area contributed by atoms with Crippen molar-refractivity contribution in [3.8, 4) is 11.5 Å². The summed E-state index contributed by atoms with van der Waals surface area (Å²) in [6, 6.07) is 7.62. The normalized spacial score (nSPS) is 17.1. The highest BCUT2D eigenvalue weighted by Crippen LogP contribution is 2.30. The summed E-state index contributed by atoms with van der Waals surface area (Å²) < 4.78 is 34.1. The molecule has 0 bridgehead atoms. The van der Waals surface area contributed by atoms with Gasteiger partial charge in [-0.05, 0) is 42.2 Å². The number of rotatable bonds is 7. The molecule has 2 amide bonds. The fraction of sp³-hybridized carbons (Fsp3) is 0.211. The number of imide groups is 1. The van der Waals surface area contributed by atoms with E-state index in [0.29, 0.717) is 5.56 Å². The summed E-state index contributed by atoms with van der Waals surface area (Å²) in [4.78, 5) is 33.6. The number of carbonyl (C=O) groups excluding carboxylic acids is 2. The maximum absolute atomic E-state index is 14.4. The standard InChI is InChI=1S/C19H16F2N2O5S/c20-15-10(8-14-17(24)23-19(27)29-14)3-6-13(16(15)21)28-11-4-1-9(2-5-11)7-12(22)18(25)26/h1-6,12,14H,7-8,22H2,(H,25,26)(H,23,24,27). The van der Waals surface area contributed by atoms with E-state index in [0.717, 1.165) is 11.8 Å². The Balaban J connectivity index is 1.70. The van der Waals surface area contributed by atoms with E-state index in [4.69, 9.17) is 15.6 Å².